The van der Waals surface area contributed by atoms with E-state index in [1.54, 1.807) is 12.4 Å². The van der Waals surface area contributed by atoms with E-state index in [1.165, 1.54) is 0 Å². The topological polar surface area (TPSA) is 38.9 Å². The molecule has 0 saturated carbocycles. The zero-order chi connectivity index (χ0) is 11.4. The van der Waals surface area contributed by atoms with Crippen molar-refractivity contribution in [1.29, 1.82) is 0 Å². The maximum atomic E-state index is 6.09. The molecule has 0 saturated heterocycles. The van der Waals surface area contributed by atoms with E-state index >= 15 is 0 Å². The molecule has 82 valence electrons. The molecule has 0 amide bonds. The minimum atomic E-state index is -0.0350. The van der Waals surface area contributed by atoms with Gasteiger partial charge in [0.2, 0.25) is 0 Å². The Hall–Kier alpha value is -1.38. The number of hydrogen-bond acceptors (Lipinski definition) is 2. The number of pyridine rings is 1. The molecule has 0 aliphatic carbocycles. The van der Waals surface area contributed by atoms with Gasteiger partial charge in [-0.1, -0.05) is 29.8 Å². The van der Waals surface area contributed by atoms with Crippen molar-refractivity contribution >= 4 is 11.6 Å². The third-order valence-electron chi connectivity index (χ3n) is 2.46. The fourth-order valence-electron chi connectivity index (χ4n) is 1.63. The van der Waals surface area contributed by atoms with Crippen molar-refractivity contribution in [3.63, 3.8) is 0 Å². The Morgan fingerprint density at radius 3 is 2.81 bits per heavy atom. The van der Waals surface area contributed by atoms with Crippen LogP contribution in [-0.4, -0.2) is 4.98 Å². The summed E-state index contributed by atoms with van der Waals surface area (Å²) in [5.74, 6) is 0. The fourth-order valence-corrected chi connectivity index (χ4v) is 1.84. The lowest BCUT2D eigenvalue weighted by Gasteiger charge is -2.11. The third kappa shape index (κ3) is 2.81. The molecule has 0 radical (unpaired) electrons. The molecule has 1 aromatic carbocycles. The van der Waals surface area contributed by atoms with Crippen LogP contribution in [0.2, 0.25) is 5.02 Å². The summed E-state index contributed by atoms with van der Waals surface area (Å²) in [5.41, 5.74) is 8.28. The maximum absolute atomic E-state index is 6.09. The smallest absolute Gasteiger partial charge is 0.0408 e. The van der Waals surface area contributed by atoms with Crippen LogP contribution in [0.25, 0.3) is 0 Å². The van der Waals surface area contributed by atoms with Crippen LogP contribution < -0.4 is 5.73 Å². The molecule has 16 heavy (non-hydrogen) atoms. The van der Waals surface area contributed by atoms with E-state index in [1.807, 2.05) is 36.4 Å². The van der Waals surface area contributed by atoms with Crippen LogP contribution in [0.15, 0.2) is 48.8 Å². The van der Waals surface area contributed by atoms with E-state index in [4.69, 9.17) is 17.3 Å². The van der Waals surface area contributed by atoms with Gasteiger partial charge < -0.3 is 5.73 Å². The lowest BCUT2D eigenvalue weighted by molar-refractivity contribution is 0.718. The van der Waals surface area contributed by atoms with Gasteiger partial charge in [0.05, 0.1) is 0 Å². The molecular weight excluding hydrogens is 220 g/mol. The second kappa shape index (κ2) is 5.10. The van der Waals surface area contributed by atoms with Crippen molar-refractivity contribution < 1.29 is 0 Å². The molecule has 0 aliphatic heterocycles. The molecule has 1 aromatic heterocycles. The quantitative estimate of drug-likeness (QED) is 0.884. The number of rotatable bonds is 3. The van der Waals surface area contributed by atoms with Gasteiger partial charge in [0, 0.05) is 23.5 Å². The highest BCUT2D eigenvalue weighted by Gasteiger charge is 2.06. The second-order valence-corrected chi connectivity index (χ2v) is 4.16. The molecule has 2 nitrogen and oxygen atoms in total. The lowest BCUT2D eigenvalue weighted by atomic mass is 10.0. The molecule has 2 N–H and O–H groups in total. The molecule has 1 atom stereocenters. The average Bonchev–Trinajstić information content (AvgIpc) is 2.30. The molecule has 0 aliphatic rings. The maximum Gasteiger partial charge on any atom is 0.0408 e. The van der Waals surface area contributed by atoms with Crippen LogP contribution in [0.3, 0.4) is 0 Å². The highest BCUT2D eigenvalue weighted by Crippen LogP contribution is 2.17. The highest BCUT2D eigenvalue weighted by molar-refractivity contribution is 6.30. The first kappa shape index (κ1) is 11.1. The Labute approximate surface area is 100 Å². The van der Waals surface area contributed by atoms with E-state index in [2.05, 4.69) is 4.98 Å². The summed E-state index contributed by atoms with van der Waals surface area (Å²) in [6.07, 6.45) is 4.32. The Kier molecular flexibility index (Phi) is 3.54. The SMILES string of the molecule is NC(Cc1cccc(Cl)c1)c1cccnc1. The first-order valence-electron chi connectivity index (χ1n) is 5.15. The normalized spacial score (nSPS) is 12.4. The monoisotopic (exact) mass is 232 g/mol. The van der Waals surface area contributed by atoms with Gasteiger partial charge in [-0.3, -0.25) is 4.98 Å². The molecule has 2 aromatic rings. The molecule has 1 heterocycles. The Morgan fingerprint density at radius 1 is 1.25 bits per heavy atom. The van der Waals surface area contributed by atoms with Crippen LogP contribution in [0, 0.1) is 0 Å². The van der Waals surface area contributed by atoms with Gasteiger partial charge in [-0.2, -0.15) is 0 Å². The Balaban J connectivity index is 2.11. The number of benzene rings is 1. The molecule has 1 unspecified atom stereocenters. The van der Waals surface area contributed by atoms with Crippen molar-refractivity contribution in [2.24, 2.45) is 5.73 Å². The summed E-state index contributed by atoms with van der Waals surface area (Å²) in [5, 5.41) is 0.746. The summed E-state index contributed by atoms with van der Waals surface area (Å²) in [7, 11) is 0. The van der Waals surface area contributed by atoms with Crippen LogP contribution in [0.1, 0.15) is 17.2 Å². The second-order valence-electron chi connectivity index (χ2n) is 3.73. The number of halogens is 1. The zero-order valence-corrected chi connectivity index (χ0v) is 9.56. The summed E-state index contributed by atoms with van der Waals surface area (Å²) >= 11 is 5.92. The van der Waals surface area contributed by atoms with E-state index in [9.17, 15) is 0 Å². The van der Waals surface area contributed by atoms with E-state index in [0.29, 0.717) is 0 Å². The van der Waals surface area contributed by atoms with Crippen molar-refractivity contribution in [2.75, 3.05) is 0 Å². The molecule has 3 heteroatoms. The fraction of sp³-hybridized carbons (Fsp3) is 0.154. The van der Waals surface area contributed by atoms with Crippen molar-refractivity contribution in [3.05, 3.63) is 64.9 Å². The van der Waals surface area contributed by atoms with Crippen LogP contribution in [-0.2, 0) is 6.42 Å². The molecule has 0 bridgehead atoms. The van der Waals surface area contributed by atoms with Crippen LogP contribution in [0.4, 0.5) is 0 Å². The zero-order valence-electron chi connectivity index (χ0n) is 8.81. The Morgan fingerprint density at radius 2 is 2.12 bits per heavy atom. The minimum Gasteiger partial charge on any atom is -0.324 e. The van der Waals surface area contributed by atoms with E-state index in [-0.39, 0.29) is 6.04 Å². The molecule has 0 fully saturated rings. The number of nitrogens with two attached hydrogens (primary N) is 1. The largest absolute Gasteiger partial charge is 0.324 e. The van der Waals surface area contributed by atoms with Gasteiger partial charge in [-0.05, 0) is 35.7 Å². The number of hydrogen-bond donors (Lipinski definition) is 1. The molecule has 0 spiro atoms. The standard InChI is InChI=1S/C13H13ClN2/c14-12-5-1-3-10(7-12)8-13(15)11-4-2-6-16-9-11/h1-7,9,13H,8,15H2. The predicted octanol–water partition coefficient (Wildman–Crippen LogP) is 2.98. The molecule has 2 rings (SSSR count). The van der Waals surface area contributed by atoms with Gasteiger partial charge in [0.15, 0.2) is 0 Å². The lowest BCUT2D eigenvalue weighted by Crippen LogP contribution is -2.13. The van der Waals surface area contributed by atoms with E-state index in [0.717, 1.165) is 22.6 Å². The summed E-state index contributed by atoms with van der Waals surface area (Å²) in [6.45, 7) is 0. The average molecular weight is 233 g/mol. The number of nitrogens with zero attached hydrogens (tertiary/aromatic N) is 1. The van der Waals surface area contributed by atoms with Gasteiger partial charge in [0.1, 0.15) is 0 Å². The van der Waals surface area contributed by atoms with Crippen LogP contribution >= 0.6 is 11.6 Å². The third-order valence-corrected chi connectivity index (χ3v) is 2.69. The summed E-state index contributed by atoms with van der Waals surface area (Å²) < 4.78 is 0. The first-order chi connectivity index (χ1) is 7.75. The van der Waals surface area contributed by atoms with E-state index < -0.39 is 0 Å². The first-order valence-corrected chi connectivity index (χ1v) is 5.53. The summed E-state index contributed by atoms with van der Waals surface area (Å²) in [6, 6.07) is 11.6. The van der Waals surface area contributed by atoms with Crippen molar-refractivity contribution in [1.82, 2.24) is 4.98 Å². The van der Waals surface area contributed by atoms with Gasteiger partial charge in [-0.15, -0.1) is 0 Å². The predicted molar refractivity (Wildman–Crippen MR) is 66.3 cm³/mol. The van der Waals surface area contributed by atoms with Crippen molar-refractivity contribution in [3.8, 4) is 0 Å². The highest BCUT2D eigenvalue weighted by atomic mass is 35.5. The minimum absolute atomic E-state index is 0.0350. The van der Waals surface area contributed by atoms with Gasteiger partial charge in [-0.25, -0.2) is 0 Å². The Bertz CT molecular complexity index is 456. The summed E-state index contributed by atoms with van der Waals surface area (Å²) in [4.78, 5) is 4.06. The molecular formula is C13H13ClN2. The number of aromatic nitrogens is 1. The van der Waals surface area contributed by atoms with Crippen LogP contribution in [0.5, 0.6) is 0 Å². The van der Waals surface area contributed by atoms with Crippen molar-refractivity contribution in [2.45, 2.75) is 12.5 Å². The van der Waals surface area contributed by atoms with Gasteiger partial charge >= 0.3 is 0 Å². The van der Waals surface area contributed by atoms with Gasteiger partial charge in [0.25, 0.3) is 0 Å².